The number of benzene rings is 1. The molecule has 0 bridgehead atoms. The number of hydrogen-bond acceptors (Lipinski definition) is 5. The maximum absolute atomic E-state index is 12.0. The third kappa shape index (κ3) is 2.69. The molecular weight excluding hydrogens is 262 g/mol. The van der Waals surface area contributed by atoms with E-state index >= 15 is 0 Å². The van der Waals surface area contributed by atoms with Gasteiger partial charge in [0.25, 0.3) is 5.91 Å². The Morgan fingerprint density at radius 1 is 1.47 bits per heavy atom. The molecule has 1 fully saturated rings. The Bertz CT molecular complexity index is 605. The van der Waals surface area contributed by atoms with Crippen LogP contribution in [0.3, 0.4) is 0 Å². The van der Waals surface area contributed by atoms with Gasteiger partial charge in [-0.25, -0.2) is 4.98 Å². The molecule has 2 heterocycles. The van der Waals surface area contributed by atoms with E-state index in [1.165, 1.54) is 11.3 Å². The Morgan fingerprint density at radius 2 is 2.37 bits per heavy atom. The van der Waals surface area contributed by atoms with Crippen molar-refractivity contribution in [1.29, 1.82) is 0 Å². The van der Waals surface area contributed by atoms with E-state index in [1.807, 2.05) is 12.1 Å². The lowest BCUT2D eigenvalue weighted by Gasteiger charge is -2.20. The summed E-state index contributed by atoms with van der Waals surface area (Å²) in [5, 5.41) is 3.42. The van der Waals surface area contributed by atoms with Crippen LogP contribution in [-0.2, 0) is 9.53 Å². The van der Waals surface area contributed by atoms with E-state index in [2.05, 4.69) is 10.3 Å². The van der Waals surface area contributed by atoms with E-state index in [4.69, 9.17) is 10.5 Å². The number of nitrogen functional groups attached to an aromatic ring is 1. The molecule has 2 aromatic rings. The molecule has 1 aromatic carbocycles. The van der Waals surface area contributed by atoms with Gasteiger partial charge < -0.3 is 10.5 Å². The van der Waals surface area contributed by atoms with Crippen LogP contribution >= 0.6 is 11.3 Å². The second kappa shape index (κ2) is 5.14. The quantitative estimate of drug-likeness (QED) is 0.826. The summed E-state index contributed by atoms with van der Waals surface area (Å²) in [5.74, 6) is -0.105. The highest BCUT2D eigenvalue weighted by Crippen LogP contribution is 2.28. The molecule has 5 nitrogen and oxygen atoms in total. The van der Waals surface area contributed by atoms with Gasteiger partial charge in [0.1, 0.15) is 6.10 Å². The fourth-order valence-corrected chi connectivity index (χ4v) is 3.05. The van der Waals surface area contributed by atoms with E-state index in [0.717, 1.165) is 29.5 Å². The number of rotatable bonds is 2. The summed E-state index contributed by atoms with van der Waals surface area (Å²) in [7, 11) is 0. The zero-order chi connectivity index (χ0) is 13.2. The van der Waals surface area contributed by atoms with Crippen molar-refractivity contribution in [3.05, 3.63) is 18.2 Å². The number of carbonyl (C=O) groups is 1. The Kier molecular flexibility index (Phi) is 3.35. The third-order valence-corrected chi connectivity index (χ3v) is 4.05. The fourth-order valence-electron chi connectivity index (χ4n) is 2.13. The number of aromatic nitrogens is 1. The number of carbonyl (C=O) groups excluding carboxylic acids is 1. The number of nitrogens with two attached hydrogens (primary N) is 1. The lowest BCUT2D eigenvalue weighted by atomic mass is 10.1. The highest BCUT2D eigenvalue weighted by Gasteiger charge is 2.22. The summed E-state index contributed by atoms with van der Waals surface area (Å²) >= 11 is 1.43. The summed E-state index contributed by atoms with van der Waals surface area (Å²) in [6, 6.07) is 5.52. The van der Waals surface area contributed by atoms with Crippen molar-refractivity contribution < 1.29 is 9.53 Å². The molecule has 0 radical (unpaired) electrons. The van der Waals surface area contributed by atoms with Crippen molar-refractivity contribution in [3.63, 3.8) is 0 Å². The SMILES string of the molecule is Nc1ccc2nc(NC(=O)C3CCCCO3)sc2c1. The van der Waals surface area contributed by atoms with Gasteiger partial charge in [-0.3, -0.25) is 10.1 Å². The van der Waals surface area contributed by atoms with Crippen LogP contribution in [0.2, 0.25) is 0 Å². The largest absolute Gasteiger partial charge is 0.399 e. The van der Waals surface area contributed by atoms with Gasteiger partial charge in [-0.1, -0.05) is 11.3 Å². The first-order chi connectivity index (χ1) is 9.22. The monoisotopic (exact) mass is 277 g/mol. The van der Waals surface area contributed by atoms with E-state index in [0.29, 0.717) is 17.4 Å². The van der Waals surface area contributed by atoms with E-state index < -0.39 is 0 Å². The van der Waals surface area contributed by atoms with Gasteiger partial charge in [-0.2, -0.15) is 0 Å². The topological polar surface area (TPSA) is 77.2 Å². The van der Waals surface area contributed by atoms with Gasteiger partial charge >= 0.3 is 0 Å². The Morgan fingerprint density at radius 3 is 3.16 bits per heavy atom. The van der Waals surface area contributed by atoms with Crippen LogP contribution in [0.5, 0.6) is 0 Å². The van der Waals surface area contributed by atoms with Gasteiger partial charge in [0.2, 0.25) is 0 Å². The number of nitrogens with zero attached hydrogens (tertiary/aromatic N) is 1. The van der Waals surface area contributed by atoms with E-state index in [1.54, 1.807) is 6.07 Å². The normalized spacial score (nSPS) is 19.5. The molecule has 1 amide bonds. The number of fused-ring (bicyclic) bond motifs is 1. The summed E-state index contributed by atoms with van der Waals surface area (Å²) in [4.78, 5) is 16.4. The Balaban J connectivity index is 1.75. The van der Waals surface area contributed by atoms with E-state index in [9.17, 15) is 4.79 Å². The van der Waals surface area contributed by atoms with Gasteiger partial charge in [0, 0.05) is 12.3 Å². The molecule has 100 valence electrons. The van der Waals surface area contributed by atoms with Crippen LogP contribution in [0.4, 0.5) is 10.8 Å². The summed E-state index contributed by atoms with van der Waals surface area (Å²) in [6.45, 7) is 0.661. The number of hydrogen-bond donors (Lipinski definition) is 2. The van der Waals surface area contributed by atoms with Crippen molar-refractivity contribution >= 4 is 38.3 Å². The van der Waals surface area contributed by atoms with Crippen LogP contribution in [-0.4, -0.2) is 23.6 Å². The molecule has 0 saturated carbocycles. The zero-order valence-electron chi connectivity index (χ0n) is 10.4. The molecule has 0 spiro atoms. The highest BCUT2D eigenvalue weighted by atomic mass is 32.1. The standard InChI is InChI=1S/C13H15N3O2S/c14-8-4-5-9-11(7-8)19-13(15-9)16-12(17)10-3-1-2-6-18-10/h4-5,7,10H,1-3,6,14H2,(H,15,16,17). The molecule has 19 heavy (non-hydrogen) atoms. The number of ether oxygens (including phenoxy) is 1. The lowest BCUT2D eigenvalue weighted by Crippen LogP contribution is -2.33. The number of nitrogens with one attached hydrogen (secondary N) is 1. The van der Waals surface area contributed by atoms with Gasteiger partial charge in [0.05, 0.1) is 10.2 Å². The van der Waals surface area contributed by atoms with Crippen molar-refractivity contribution in [1.82, 2.24) is 4.98 Å². The van der Waals surface area contributed by atoms with Crippen molar-refractivity contribution in [3.8, 4) is 0 Å². The third-order valence-electron chi connectivity index (χ3n) is 3.11. The maximum atomic E-state index is 12.0. The first kappa shape index (κ1) is 12.4. The molecule has 0 aliphatic carbocycles. The molecule has 1 aromatic heterocycles. The number of thiazole rings is 1. The molecule has 1 saturated heterocycles. The van der Waals surface area contributed by atoms with Crippen molar-refractivity contribution in [2.75, 3.05) is 17.7 Å². The predicted molar refractivity (Wildman–Crippen MR) is 76.3 cm³/mol. The van der Waals surface area contributed by atoms with Crippen molar-refractivity contribution in [2.45, 2.75) is 25.4 Å². The van der Waals surface area contributed by atoms with Gasteiger partial charge in [-0.15, -0.1) is 0 Å². The average molecular weight is 277 g/mol. The molecule has 1 aliphatic heterocycles. The first-order valence-electron chi connectivity index (χ1n) is 6.31. The summed E-state index contributed by atoms with van der Waals surface area (Å²) < 4.78 is 6.42. The van der Waals surface area contributed by atoms with Crippen LogP contribution in [0.15, 0.2) is 18.2 Å². The summed E-state index contributed by atoms with van der Waals surface area (Å²) in [5.41, 5.74) is 7.27. The lowest BCUT2D eigenvalue weighted by molar-refractivity contribution is -0.129. The van der Waals surface area contributed by atoms with Crippen molar-refractivity contribution in [2.24, 2.45) is 0 Å². The maximum Gasteiger partial charge on any atom is 0.255 e. The molecule has 3 rings (SSSR count). The Labute approximate surface area is 114 Å². The van der Waals surface area contributed by atoms with Crippen LogP contribution in [0.25, 0.3) is 10.2 Å². The summed E-state index contributed by atoms with van der Waals surface area (Å²) in [6.07, 6.45) is 2.51. The molecule has 6 heteroatoms. The number of anilines is 2. The minimum absolute atomic E-state index is 0.105. The van der Waals surface area contributed by atoms with Crippen LogP contribution in [0, 0.1) is 0 Å². The molecule has 1 atom stereocenters. The van der Waals surface area contributed by atoms with Gasteiger partial charge in [0.15, 0.2) is 5.13 Å². The van der Waals surface area contributed by atoms with Crippen LogP contribution in [0.1, 0.15) is 19.3 Å². The van der Waals surface area contributed by atoms with Gasteiger partial charge in [-0.05, 0) is 37.5 Å². The number of amides is 1. The fraction of sp³-hybridized carbons (Fsp3) is 0.385. The first-order valence-corrected chi connectivity index (χ1v) is 7.12. The molecule has 1 unspecified atom stereocenters. The minimum atomic E-state index is -0.342. The molecule has 3 N–H and O–H groups in total. The van der Waals surface area contributed by atoms with E-state index in [-0.39, 0.29) is 12.0 Å². The predicted octanol–water partition coefficient (Wildman–Crippen LogP) is 2.39. The second-order valence-corrected chi connectivity index (χ2v) is 5.62. The molecule has 1 aliphatic rings. The minimum Gasteiger partial charge on any atom is -0.399 e. The average Bonchev–Trinajstić information content (AvgIpc) is 2.81. The smallest absolute Gasteiger partial charge is 0.255 e. The molecular formula is C13H15N3O2S. The second-order valence-electron chi connectivity index (χ2n) is 4.59. The highest BCUT2D eigenvalue weighted by molar-refractivity contribution is 7.22. The zero-order valence-corrected chi connectivity index (χ0v) is 11.2. The Hall–Kier alpha value is -1.66. The van der Waals surface area contributed by atoms with Crippen LogP contribution < -0.4 is 11.1 Å².